The fourth-order valence-corrected chi connectivity index (χ4v) is 5.04. The number of carboxylic acids is 1. The molecule has 0 unspecified atom stereocenters. The minimum Gasteiger partial charge on any atom is -0.481 e. The number of benzene rings is 1. The Hall–Kier alpha value is -3.74. The second-order valence-electron chi connectivity index (χ2n) is 7.71. The largest absolute Gasteiger partial charge is 0.481 e. The van der Waals surface area contributed by atoms with E-state index in [9.17, 15) is 4.79 Å². The zero-order valence-corrected chi connectivity index (χ0v) is 18.8. The molecule has 0 saturated carbocycles. The van der Waals surface area contributed by atoms with E-state index < -0.39 is 5.97 Å². The molecule has 9 heteroatoms. The van der Waals surface area contributed by atoms with Crippen molar-refractivity contribution in [3.05, 3.63) is 81.5 Å². The molecule has 0 bridgehead atoms. The number of hydrogen-bond donors (Lipinski definition) is 1. The lowest BCUT2D eigenvalue weighted by Crippen LogP contribution is -2.04. The lowest BCUT2D eigenvalue weighted by atomic mass is 10.0. The number of thiophene rings is 1. The van der Waals surface area contributed by atoms with Crippen LogP contribution < -0.4 is 0 Å². The number of fused-ring (bicyclic) bond motifs is 3. The third-order valence-electron chi connectivity index (χ3n) is 5.39. The topological polar surface area (TPSA) is 95.1 Å². The van der Waals surface area contributed by atoms with Gasteiger partial charge in [0.15, 0.2) is 5.82 Å². The molecule has 1 aliphatic heterocycles. The SMILES string of the molecule is Cc1nnc2n1-c1sc(C#Cc3ccn(CCC(=O)O)n3)c(Cc3ccccc3)c1COC2. The highest BCUT2D eigenvalue weighted by molar-refractivity contribution is 7.15. The summed E-state index contributed by atoms with van der Waals surface area (Å²) in [6.45, 7) is 3.16. The van der Waals surface area contributed by atoms with Crippen LogP contribution in [0.5, 0.6) is 0 Å². The number of aliphatic carboxylic acids is 1. The summed E-state index contributed by atoms with van der Waals surface area (Å²) < 4.78 is 9.60. The molecule has 4 aromatic rings. The Balaban J connectivity index is 1.55. The highest BCUT2D eigenvalue weighted by Gasteiger charge is 2.25. The highest BCUT2D eigenvalue weighted by atomic mass is 32.1. The lowest BCUT2D eigenvalue weighted by Gasteiger charge is -2.06. The summed E-state index contributed by atoms with van der Waals surface area (Å²) in [7, 11) is 0. The summed E-state index contributed by atoms with van der Waals surface area (Å²) in [5.41, 5.74) is 4.05. The molecule has 33 heavy (non-hydrogen) atoms. The molecule has 0 spiro atoms. The minimum atomic E-state index is -0.852. The van der Waals surface area contributed by atoms with E-state index in [1.54, 1.807) is 28.3 Å². The van der Waals surface area contributed by atoms with Crippen LogP contribution in [0.15, 0.2) is 42.6 Å². The van der Waals surface area contributed by atoms with E-state index in [4.69, 9.17) is 9.84 Å². The van der Waals surface area contributed by atoms with Gasteiger partial charge in [-0.3, -0.25) is 14.0 Å². The van der Waals surface area contributed by atoms with Gasteiger partial charge in [-0.25, -0.2) is 0 Å². The van der Waals surface area contributed by atoms with Gasteiger partial charge in [0.1, 0.15) is 23.1 Å². The van der Waals surface area contributed by atoms with E-state index >= 15 is 0 Å². The van der Waals surface area contributed by atoms with Gasteiger partial charge in [0.25, 0.3) is 0 Å². The minimum absolute atomic E-state index is 0.0219. The molecule has 5 rings (SSSR count). The number of nitrogens with zero attached hydrogens (tertiary/aromatic N) is 5. The van der Waals surface area contributed by atoms with Crippen LogP contribution in [-0.4, -0.2) is 35.6 Å². The fraction of sp³-hybridized carbons (Fsp3) is 0.250. The Bertz CT molecular complexity index is 1370. The molecule has 8 nitrogen and oxygen atoms in total. The number of carboxylic acid groups (broad SMARTS) is 1. The van der Waals surface area contributed by atoms with E-state index in [0.29, 0.717) is 25.5 Å². The molecule has 1 aromatic carbocycles. The van der Waals surface area contributed by atoms with E-state index in [1.165, 1.54) is 5.56 Å². The normalized spacial score (nSPS) is 12.4. The molecule has 0 atom stereocenters. The van der Waals surface area contributed by atoms with Gasteiger partial charge in [-0.2, -0.15) is 5.10 Å². The second-order valence-corrected chi connectivity index (χ2v) is 8.70. The molecule has 166 valence electrons. The van der Waals surface area contributed by atoms with Crippen molar-refractivity contribution in [3.63, 3.8) is 0 Å². The van der Waals surface area contributed by atoms with Crippen LogP contribution in [0.4, 0.5) is 0 Å². The first-order chi connectivity index (χ1) is 16.1. The van der Waals surface area contributed by atoms with Gasteiger partial charge in [0.05, 0.1) is 24.4 Å². The summed E-state index contributed by atoms with van der Waals surface area (Å²) in [5, 5.41) is 22.8. The number of hydrogen-bond acceptors (Lipinski definition) is 6. The smallest absolute Gasteiger partial charge is 0.305 e. The summed E-state index contributed by atoms with van der Waals surface area (Å²) >= 11 is 1.61. The summed E-state index contributed by atoms with van der Waals surface area (Å²) in [6, 6.07) is 12.1. The fourth-order valence-electron chi connectivity index (χ4n) is 3.80. The summed E-state index contributed by atoms with van der Waals surface area (Å²) in [6.07, 6.45) is 2.51. The molecule has 0 fully saturated rings. The molecule has 0 radical (unpaired) electrons. The zero-order chi connectivity index (χ0) is 22.8. The quantitative estimate of drug-likeness (QED) is 0.460. The van der Waals surface area contributed by atoms with Crippen LogP contribution in [0.2, 0.25) is 0 Å². The molecule has 0 saturated heterocycles. The second kappa shape index (κ2) is 9.02. The van der Waals surface area contributed by atoms with Gasteiger partial charge in [0, 0.05) is 11.8 Å². The Labute approximate surface area is 194 Å². The van der Waals surface area contributed by atoms with Gasteiger partial charge in [-0.1, -0.05) is 30.3 Å². The maximum Gasteiger partial charge on any atom is 0.305 e. The van der Waals surface area contributed by atoms with Crippen molar-refractivity contribution in [2.75, 3.05) is 0 Å². The van der Waals surface area contributed by atoms with Crippen LogP contribution in [0.3, 0.4) is 0 Å². The highest BCUT2D eigenvalue weighted by Crippen LogP contribution is 2.36. The van der Waals surface area contributed by atoms with Crippen molar-refractivity contribution in [3.8, 4) is 16.8 Å². The van der Waals surface area contributed by atoms with Crippen molar-refractivity contribution < 1.29 is 14.6 Å². The maximum atomic E-state index is 10.8. The van der Waals surface area contributed by atoms with Crippen molar-refractivity contribution in [2.45, 2.75) is 39.5 Å². The Morgan fingerprint density at radius 2 is 2.03 bits per heavy atom. The van der Waals surface area contributed by atoms with Gasteiger partial charge in [0.2, 0.25) is 0 Å². The zero-order valence-electron chi connectivity index (χ0n) is 18.0. The number of aryl methyl sites for hydroxylation is 2. The Kier molecular flexibility index (Phi) is 5.77. The van der Waals surface area contributed by atoms with Gasteiger partial charge < -0.3 is 9.84 Å². The molecular formula is C24H21N5O3S. The summed E-state index contributed by atoms with van der Waals surface area (Å²) in [5.74, 6) is 7.22. The third kappa shape index (κ3) is 4.44. The number of ether oxygens (including phenoxy) is 1. The monoisotopic (exact) mass is 459 g/mol. The first-order valence-corrected chi connectivity index (χ1v) is 11.3. The number of aromatic nitrogens is 5. The van der Waals surface area contributed by atoms with Gasteiger partial charge in [-0.05, 0) is 42.4 Å². The lowest BCUT2D eigenvalue weighted by molar-refractivity contribution is -0.137. The first-order valence-electron chi connectivity index (χ1n) is 10.5. The van der Waals surface area contributed by atoms with Crippen LogP contribution in [0.25, 0.3) is 5.00 Å². The van der Waals surface area contributed by atoms with E-state index in [1.807, 2.05) is 25.1 Å². The molecule has 3 aromatic heterocycles. The first kappa shape index (κ1) is 21.1. The predicted molar refractivity (Wildman–Crippen MR) is 122 cm³/mol. The number of carbonyl (C=O) groups is 1. The molecular weight excluding hydrogens is 438 g/mol. The van der Waals surface area contributed by atoms with Crippen molar-refractivity contribution >= 4 is 17.3 Å². The van der Waals surface area contributed by atoms with E-state index in [0.717, 1.165) is 39.1 Å². The average Bonchev–Trinajstić information content (AvgIpc) is 3.47. The van der Waals surface area contributed by atoms with Crippen LogP contribution in [0.1, 0.15) is 45.3 Å². The maximum absolute atomic E-state index is 10.8. The number of rotatable bonds is 5. The van der Waals surface area contributed by atoms with Crippen molar-refractivity contribution in [1.29, 1.82) is 0 Å². The molecule has 0 aliphatic carbocycles. The Morgan fingerprint density at radius 1 is 1.18 bits per heavy atom. The van der Waals surface area contributed by atoms with E-state index in [-0.39, 0.29) is 6.42 Å². The van der Waals surface area contributed by atoms with Gasteiger partial charge in [-0.15, -0.1) is 21.5 Å². The molecule has 0 amide bonds. The summed E-state index contributed by atoms with van der Waals surface area (Å²) in [4.78, 5) is 11.8. The van der Waals surface area contributed by atoms with E-state index in [2.05, 4.69) is 43.8 Å². The molecule has 1 aliphatic rings. The molecule has 4 heterocycles. The third-order valence-corrected chi connectivity index (χ3v) is 6.57. The van der Waals surface area contributed by atoms with Crippen LogP contribution >= 0.6 is 11.3 Å². The van der Waals surface area contributed by atoms with Crippen molar-refractivity contribution in [2.24, 2.45) is 0 Å². The standard InChI is InChI=1S/C24H21N5O3S/c1-16-25-26-22-15-32-14-20-19(13-17-5-3-2-4-6-17)21(33-24(20)29(16)22)8-7-18-9-11-28(27-18)12-10-23(30)31/h2-6,9,11H,10,12-15H2,1H3,(H,30,31). The average molecular weight is 460 g/mol. The van der Waals surface area contributed by atoms with Gasteiger partial charge >= 0.3 is 5.97 Å². The van der Waals surface area contributed by atoms with Crippen LogP contribution in [-0.2, 0) is 35.7 Å². The Morgan fingerprint density at radius 3 is 2.85 bits per heavy atom. The van der Waals surface area contributed by atoms with Crippen molar-refractivity contribution in [1.82, 2.24) is 24.5 Å². The van der Waals surface area contributed by atoms with Crippen LogP contribution in [0, 0.1) is 18.8 Å². The predicted octanol–water partition coefficient (Wildman–Crippen LogP) is 3.33. The molecule has 1 N–H and O–H groups in total.